The summed E-state index contributed by atoms with van der Waals surface area (Å²) >= 11 is 0. The molecule has 0 radical (unpaired) electrons. The van der Waals surface area contributed by atoms with Crippen LogP contribution in [0.4, 0.5) is 0 Å². The predicted molar refractivity (Wildman–Crippen MR) is 61.4 cm³/mol. The third-order valence-electron chi connectivity index (χ3n) is 2.37. The van der Waals surface area contributed by atoms with E-state index in [0.29, 0.717) is 6.04 Å². The molecule has 0 aliphatic heterocycles. The molecule has 1 unspecified atom stereocenters. The molecular formula is C12H21NO. The van der Waals surface area contributed by atoms with Crippen LogP contribution in [-0.2, 0) is 0 Å². The van der Waals surface area contributed by atoms with Gasteiger partial charge in [-0.05, 0) is 32.5 Å². The first kappa shape index (κ1) is 13.0. The molecule has 0 saturated heterocycles. The highest BCUT2D eigenvalue weighted by molar-refractivity contribution is 5.08. The molecule has 0 amide bonds. The Morgan fingerprint density at radius 3 is 2.50 bits per heavy atom. The molecule has 2 nitrogen and oxygen atoms in total. The number of rotatable bonds is 6. The summed E-state index contributed by atoms with van der Waals surface area (Å²) in [7, 11) is 0. The standard InChI is InChI=1S/C12H21NO/c1-5-12(14)10-8-9-11(4)13(6-2)7-3/h8,10-11,14H,1,6-7,9H2,2-4H3/b10-8-. The van der Waals surface area contributed by atoms with Crippen LogP contribution in [0.5, 0.6) is 0 Å². The fourth-order valence-electron chi connectivity index (χ4n) is 1.43. The van der Waals surface area contributed by atoms with Gasteiger partial charge in [0.15, 0.2) is 5.76 Å². The lowest BCUT2D eigenvalue weighted by Gasteiger charge is -2.25. The number of hydrogen-bond donors (Lipinski definition) is 1. The number of nitrogens with zero attached hydrogens (tertiary/aromatic N) is 1. The van der Waals surface area contributed by atoms with Crippen molar-refractivity contribution in [2.75, 3.05) is 13.1 Å². The van der Waals surface area contributed by atoms with Crippen molar-refractivity contribution < 1.29 is 5.11 Å². The van der Waals surface area contributed by atoms with Crippen LogP contribution in [0.25, 0.3) is 0 Å². The lowest BCUT2D eigenvalue weighted by molar-refractivity contribution is 0.232. The van der Waals surface area contributed by atoms with Gasteiger partial charge < -0.3 is 10.0 Å². The zero-order valence-electron chi connectivity index (χ0n) is 9.45. The summed E-state index contributed by atoms with van der Waals surface area (Å²) in [6.07, 6.45) is 4.54. The van der Waals surface area contributed by atoms with Crippen molar-refractivity contribution in [3.63, 3.8) is 0 Å². The van der Waals surface area contributed by atoms with Gasteiger partial charge >= 0.3 is 0 Å². The molecular weight excluding hydrogens is 174 g/mol. The van der Waals surface area contributed by atoms with Crippen LogP contribution in [0.3, 0.4) is 0 Å². The molecule has 0 aromatic heterocycles. The summed E-state index contributed by atoms with van der Waals surface area (Å²) in [6.45, 7) is 12.0. The zero-order valence-corrected chi connectivity index (χ0v) is 9.45. The van der Waals surface area contributed by atoms with Crippen LogP contribution in [-0.4, -0.2) is 29.1 Å². The largest absolute Gasteiger partial charge is 0.501 e. The fraction of sp³-hybridized carbons (Fsp3) is 0.583. The highest BCUT2D eigenvalue weighted by Gasteiger charge is 2.06. The Morgan fingerprint density at radius 1 is 1.50 bits per heavy atom. The molecule has 0 fully saturated rings. The Balaban J connectivity index is 4.00. The van der Waals surface area contributed by atoms with Crippen molar-refractivity contribution in [3.05, 3.63) is 30.2 Å². The summed E-state index contributed by atoms with van der Waals surface area (Å²) < 4.78 is 0. The minimum atomic E-state index is 0.108. The molecule has 1 N–H and O–H groups in total. The Hall–Kier alpha value is -0.980. The molecule has 0 aliphatic rings. The summed E-state index contributed by atoms with van der Waals surface area (Å²) in [6, 6.07) is 0.513. The van der Waals surface area contributed by atoms with Crippen molar-refractivity contribution in [3.8, 4) is 0 Å². The summed E-state index contributed by atoms with van der Waals surface area (Å²) in [5, 5.41) is 9.07. The van der Waals surface area contributed by atoms with E-state index in [1.165, 1.54) is 0 Å². The smallest absolute Gasteiger partial charge is 0.158 e. The summed E-state index contributed by atoms with van der Waals surface area (Å²) in [4.78, 5) is 2.37. The second-order valence-corrected chi connectivity index (χ2v) is 3.27. The van der Waals surface area contributed by atoms with Crippen molar-refractivity contribution in [2.24, 2.45) is 0 Å². The normalized spacial score (nSPS) is 13.1. The van der Waals surface area contributed by atoms with Gasteiger partial charge in [0.1, 0.15) is 0 Å². The summed E-state index contributed by atoms with van der Waals surface area (Å²) in [5.74, 6) is 0.108. The summed E-state index contributed by atoms with van der Waals surface area (Å²) in [5.41, 5.74) is 2.42. The first-order chi connectivity index (χ1) is 6.65. The first-order valence-corrected chi connectivity index (χ1v) is 5.15. The van der Waals surface area contributed by atoms with E-state index in [-0.39, 0.29) is 5.76 Å². The van der Waals surface area contributed by atoms with Crippen LogP contribution < -0.4 is 0 Å². The van der Waals surface area contributed by atoms with Gasteiger partial charge in [0.05, 0.1) is 0 Å². The molecule has 0 saturated carbocycles. The number of allylic oxidation sites excluding steroid dienone is 1. The van der Waals surface area contributed by atoms with Crippen molar-refractivity contribution in [1.29, 1.82) is 0 Å². The average Bonchev–Trinajstić information content (AvgIpc) is 2.19. The molecule has 0 rings (SSSR count). The van der Waals surface area contributed by atoms with Gasteiger partial charge in [0, 0.05) is 6.04 Å². The maximum atomic E-state index is 9.07. The van der Waals surface area contributed by atoms with E-state index in [1.807, 2.05) is 6.08 Å². The Labute approximate surface area is 87.2 Å². The van der Waals surface area contributed by atoms with Crippen molar-refractivity contribution in [1.82, 2.24) is 4.90 Å². The number of aliphatic hydroxyl groups is 1. The van der Waals surface area contributed by atoms with Crippen molar-refractivity contribution >= 4 is 0 Å². The molecule has 0 aromatic carbocycles. The average molecular weight is 195 g/mol. The van der Waals surface area contributed by atoms with E-state index in [4.69, 9.17) is 5.11 Å². The zero-order chi connectivity index (χ0) is 11.0. The number of aliphatic hydroxyl groups excluding tert-OH is 1. The van der Waals surface area contributed by atoms with E-state index < -0.39 is 0 Å². The third-order valence-corrected chi connectivity index (χ3v) is 2.37. The molecule has 2 heteroatoms. The monoisotopic (exact) mass is 195 g/mol. The van der Waals surface area contributed by atoms with E-state index in [9.17, 15) is 0 Å². The maximum Gasteiger partial charge on any atom is 0.158 e. The van der Waals surface area contributed by atoms with Crippen LogP contribution in [0.2, 0.25) is 0 Å². The highest BCUT2D eigenvalue weighted by Crippen LogP contribution is 2.04. The van der Waals surface area contributed by atoms with Gasteiger partial charge in [-0.2, -0.15) is 0 Å². The van der Waals surface area contributed by atoms with E-state index in [0.717, 1.165) is 19.5 Å². The molecule has 0 aliphatic carbocycles. The molecule has 0 spiro atoms. The SMILES string of the molecule is C=C=C(O)/C=C\CC(C)N(CC)CC. The Bertz CT molecular complexity index is 222. The van der Waals surface area contributed by atoms with Crippen LogP contribution in [0.1, 0.15) is 27.2 Å². The Morgan fingerprint density at radius 2 is 2.07 bits per heavy atom. The van der Waals surface area contributed by atoms with Gasteiger partial charge in [-0.25, -0.2) is 0 Å². The van der Waals surface area contributed by atoms with Crippen LogP contribution in [0, 0.1) is 0 Å². The lowest BCUT2D eigenvalue weighted by Crippen LogP contribution is -2.32. The van der Waals surface area contributed by atoms with Gasteiger partial charge in [0.2, 0.25) is 0 Å². The van der Waals surface area contributed by atoms with Gasteiger partial charge in [-0.3, -0.25) is 0 Å². The number of hydrogen-bond acceptors (Lipinski definition) is 2. The lowest BCUT2D eigenvalue weighted by atomic mass is 10.2. The molecule has 14 heavy (non-hydrogen) atoms. The molecule has 80 valence electrons. The quantitative estimate of drug-likeness (QED) is 0.400. The molecule has 1 atom stereocenters. The molecule has 0 bridgehead atoms. The highest BCUT2D eigenvalue weighted by atomic mass is 16.3. The topological polar surface area (TPSA) is 23.5 Å². The van der Waals surface area contributed by atoms with Gasteiger partial charge in [-0.15, -0.1) is 0 Å². The van der Waals surface area contributed by atoms with E-state index in [2.05, 4.69) is 38.0 Å². The second kappa shape index (κ2) is 7.43. The Kier molecular flexibility index (Phi) is 6.91. The minimum Gasteiger partial charge on any atom is -0.501 e. The van der Waals surface area contributed by atoms with Crippen LogP contribution >= 0.6 is 0 Å². The maximum absolute atomic E-state index is 9.07. The third kappa shape index (κ3) is 4.90. The molecule has 0 heterocycles. The fourth-order valence-corrected chi connectivity index (χ4v) is 1.43. The van der Waals surface area contributed by atoms with E-state index in [1.54, 1.807) is 6.08 Å². The van der Waals surface area contributed by atoms with Gasteiger partial charge in [0.25, 0.3) is 0 Å². The van der Waals surface area contributed by atoms with E-state index >= 15 is 0 Å². The van der Waals surface area contributed by atoms with Gasteiger partial charge in [-0.1, -0.05) is 32.2 Å². The van der Waals surface area contributed by atoms with Crippen LogP contribution in [0.15, 0.2) is 30.2 Å². The predicted octanol–water partition coefficient (Wildman–Crippen LogP) is 2.89. The molecule has 0 aromatic rings. The second-order valence-electron chi connectivity index (χ2n) is 3.27. The minimum absolute atomic E-state index is 0.108. The van der Waals surface area contributed by atoms with Crippen molar-refractivity contribution in [2.45, 2.75) is 33.2 Å². The first-order valence-electron chi connectivity index (χ1n) is 5.15.